The number of aromatic nitrogens is 1. The summed E-state index contributed by atoms with van der Waals surface area (Å²) in [4.78, 5) is 14.0. The van der Waals surface area contributed by atoms with Crippen molar-refractivity contribution >= 4 is 17.5 Å². The van der Waals surface area contributed by atoms with Gasteiger partial charge in [-0.05, 0) is 24.6 Å². The van der Waals surface area contributed by atoms with E-state index < -0.39 is 0 Å². The summed E-state index contributed by atoms with van der Waals surface area (Å²) in [6.07, 6.45) is 1.32. The Hall–Kier alpha value is -2.07. The minimum absolute atomic E-state index is 0.112. The molecule has 0 spiro atoms. The average Bonchev–Trinajstić information content (AvgIpc) is 2.46. The molecule has 0 aliphatic carbocycles. The Balaban J connectivity index is 2.23. The maximum atomic E-state index is 12.4. The molecule has 2 aromatic rings. The average molecular weight is 291 g/mol. The summed E-state index contributed by atoms with van der Waals surface area (Å²) in [7, 11) is 0. The van der Waals surface area contributed by atoms with E-state index in [0.29, 0.717) is 22.8 Å². The van der Waals surface area contributed by atoms with Crippen molar-refractivity contribution in [2.45, 2.75) is 13.5 Å². The van der Waals surface area contributed by atoms with Crippen LogP contribution in [0.3, 0.4) is 0 Å². The smallest absolute Gasteiger partial charge is 0.320 e. The monoisotopic (exact) mass is 290 g/mol. The maximum absolute atomic E-state index is 12.4. The van der Waals surface area contributed by atoms with Crippen LogP contribution in [0.2, 0.25) is 5.02 Å². The highest BCUT2D eigenvalue weighted by Gasteiger charge is 2.22. The summed E-state index contributed by atoms with van der Waals surface area (Å²) in [5.74, 6) is -0.303. The van der Waals surface area contributed by atoms with E-state index in [4.69, 9.17) is 11.6 Å². The highest BCUT2D eigenvalue weighted by Crippen LogP contribution is 2.17. The molecule has 0 saturated heterocycles. The Morgan fingerprint density at radius 3 is 2.60 bits per heavy atom. The molecule has 0 radical (unpaired) electrons. The van der Waals surface area contributed by atoms with Gasteiger partial charge < -0.3 is 10.1 Å². The minimum Gasteiger partial charge on any atom is -0.618 e. The van der Waals surface area contributed by atoms with Gasteiger partial charge in [-0.2, -0.15) is 4.73 Å². The molecule has 1 aromatic carbocycles. The third-order valence-electron chi connectivity index (χ3n) is 3.03. The topological polar surface area (TPSA) is 47.2 Å². The lowest BCUT2D eigenvalue weighted by atomic mass is 10.2. The first-order chi connectivity index (χ1) is 9.63. The SMILES string of the molecule is CCN(Cc1ccccc1Cl)C(=O)c1cccc[n+]1[O-]. The third-order valence-corrected chi connectivity index (χ3v) is 3.40. The van der Waals surface area contributed by atoms with Crippen LogP contribution in [0.1, 0.15) is 23.0 Å². The maximum Gasteiger partial charge on any atom is 0.320 e. The lowest BCUT2D eigenvalue weighted by Gasteiger charge is -2.20. The molecule has 0 atom stereocenters. The Labute approximate surface area is 122 Å². The first kappa shape index (κ1) is 14.3. The number of carbonyl (C=O) groups is 1. The molecule has 1 amide bonds. The van der Waals surface area contributed by atoms with Crippen molar-refractivity contribution in [3.63, 3.8) is 0 Å². The van der Waals surface area contributed by atoms with Gasteiger partial charge in [0.2, 0.25) is 0 Å². The van der Waals surface area contributed by atoms with Gasteiger partial charge in [0.15, 0.2) is 6.20 Å². The van der Waals surface area contributed by atoms with Crippen molar-refractivity contribution in [2.24, 2.45) is 0 Å². The van der Waals surface area contributed by atoms with Gasteiger partial charge in [0, 0.05) is 30.2 Å². The second-order valence-corrected chi connectivity index (χ2v) is 4.73. The fourth-order valence-electron chi connectivity index (χ4n) is 1.92. The van der Waals surface area contributed by atoms with E-state index in [1.807, 2.05) is 25.1 Å². The van der Waals surface area contributed by atoms with E-state index in [0.717, 1.165) is 5.56 Å². The van der Waals surface area contributed by atoms with Crippen LogP contribution in [0, 0.1) is 5.21 Å². The van der Waals surface area contributed by atoms with Crippen LogP contribution in [-0.4, -0.2) is 17.4 Å². The molecule has 0 unspecified atom stereocenters. The summed E-state index contributed by atoms with van der Waals surface area (Å²) in [5, 5.41) is 12.3. The summed E-state index contributed by atoms with van der Waals surface area (Å²) in [6, 6.07) is 12.1. The van der Waals surface area contributed by atoms with E-state index in [9.17, 15) is 10.0 Å². The van der Waals surface area contributed by atoms with Gasteiger partial charge >= 0.3 is 5.91 Å². The first-order valence-electron chi connectivity index (χ1n) is 6.34. The van der Waals surface area contributed by atoms with E-state index in [1.165, 1.54) is 12.3 Å². The van der Waals surface area contributed by atoms with Crippen molar-refractivity contribution < 1.29 is 9.52 Å². The molecule has 20 heavy (non-hydrogen) atoms. The van der Waals surface area contributed by atoms with Gasteiger partial charge in [0.1, 0.15) is 0 Å². The van der Waals surface area contributed by atoms with Crippen LogP contribution in [0.15, 0.2) is 48.7 Å². The van der Waals surface area contributed by atoms with Crippen molar-refractivity contribution in [3.05, 3.63) is 70.1 Å². The predicted molar refractivity (Wildman–Crippen MR) is 77.3 cm³/mol. The molecule has 0 fully saturated rings. The van der Waals surface area contributed by atoms with Gasteiger partial charge in [0.25, 0.3) is 5.69 Å². The molecule has 0 bridgehead atoms. The van der Waals surface area contributed by atoms with E-state index in [2.05, 4.69) is 0 Å². The minimum atomic E-state index is -0.303. The van der Waals surface area contributed by atoms with Crippen LogP contribution in [0.4, 0.5) is 0 Å². The van der Waals surface area contributed by atoms with Crippen molar-refractivity contribution in [1.29, 1.82) is 0 Å². The number of nitrogens with zero attached hydrogens (tertiary/aromatic N) is 2. The number of rotatable bonds is 4. The van der Waals surface area contributed by atoms with Crippen molar-refractivity contribution in [3.8, 4) is 0 Å². The van der Waals surface area contributed by atoms with Crippen LogP contribution >= 0.6 is 11.6 Å². The zero-order valence-electron chi connectivity index (χ0n) is 11.1. The van der Waals surface area contributed by atoms with Gasteiger partial charge in [-0.3, -0.25) is 4.79 Å². The third kappa shape index (κ3) is 3.08. The lowest BCUT2D eigenvalue weighted by Crippen LogP contribution is -2.41. The lowest BCUT2D eigenvalue weighted by molar-refractivity contribution is -0.608. The first-order valence-corrected chi connectivity index (χ1v) is 6.72. The molecule has 2 rings (SSSR count). The Bertz CT molecular complexity index is 616. The zero-order valence-corrected chi connectivity index (χ0v) is 11.9. The van der Waals surface area contributed by atoms with Gasteiger partial charge in [0.05, 0.1) is 0 Å². The largest absolute Gasteiger partial charge is 0.618 e. The Kier molecular flexibility index (Phi) is 4.58. The molecule has 0 aliphatic rings. The van der Waals surface area contributed by atoms with Crippen molar-refractivity contribution in [1.82, 2.24) is 4.90 Å². The number of pyridine rings is 1. The molecule has 0 aliphatic heterocycles. The number of hydrogen-bond donors (Lipinski definition) is 0. The summed E-state index contributed by atoms with van der Waals surface area (Å²) >= 11 is 6.10. The van der Waals surface area contributed by atoms with Gasteiger partial charge in [-0.1, -0.05) is 29.8 Å². The highest BCUT2D eigenvalue weighted by molar-refractivity contribution is 6.31. The number of hydrogen-bond acceptors (Lipinski definition) is 2. The van der Waals surface area contributed by atoms with E-state index >= 15 is 0 Å². The van der Waals surface area contributed by atoms with Crippen LogP contribution in [-0.2, 0) is 6.54 Å². The van der Waals surface area contributed by atoms with Gasteiger partial charge in [-0.25, -0.2) is 0 Å². The molecule has 0 N–H and O–H groups in total. The fourth-order valence-corrected chi connectivity index (χ4v) is 2.11. The quantitative estimate of drug-likeness (QED) is 0.642. The second kappa shape index (κ2) is 6.39. The standard InChI is InChI=1S/C15H15ClN2O2/c1-2-17(11-12-7-3-4-8-13(12)16)15(19)14-9-5-6-10-18(14)20/h3-10H,2,11H2,1H3. The molecular formula is C15H15ClN2O2. The number of benzene rings is 1. The normalized spacial score (nSPS) is 10.3. The number of amides is 1. The molecule has 5 heteroatoms. The summed E-state index contributed by atoms with van der Waals surface area (Å²) < 4.78 is 0.581. The second-order valence-electron chi connectivity index (χ2n) is 4.32. The molecule has 0 saturated carbocycles. The number of carbonyl (C=O) groups excluding carboxylic acids is 1. The molecule has 1 aromatic heterocycles. The molecular weight excluding hydrogens is 276 g/mol. The van der Waals surface area contributed by atoms with Crippen LogP contribution in [0.5, 0.6) is 0 Å². The summed E-state index contributed by atoms with van der Waals surface area (Å²) in [5.41, 5.74) is 0.971. The highest BCUT2D eigenvalue weighted by atomic mass is 35.5. The molecule has 1 heterocycles. The van der Waals surface area contributed by atoms with E-state index in [-0.39, 0.29) is 11.6 Å². The fraction of sp³-hybridized carbons (Fsp3) is 0.200. The van der Waals surface area contributed by atoms with Crippen molar-refractivity contribution in [2.75, 3.05) is 6.54 Å². The molecule has 104 valence electrons. The number of halogens is 1. The molecule has 4 nitrogen and oxygen atoms in total. The van der Waals surface area contributed by atoms with E-state index in [1.54, 1.807) is 23.1 Å². The Morgan fingerprint density at radius 1 is 1.25 bits per heavy atom. The Morgan fingerprint density at radius 2 is 1.95 bits per heavy atom. The van der Waals surface area contributed by atoms with Crippen LogP contribution in [0.25, 0.3) is 0 Å². The summed E-state index contributed by atoms with van der Waals surface area (Å²) in [6.45, 7) is 2.75. The van der Waals surface area contributed by atoms with Crippen LogP contribution < -0.4 is 4.73 Å². The predicted octanol–water partition coefficient (Wildman–Crippen LogP) is 2.64. The van der Waals surface area contributed by atoms with Gasteiger partial charge in [-0.15, -0.1) is 0 Å². The zero-order chi connectivity index (χ0) is 14.5.